The number of aryl methyl sites for hydroxylation is 1. The van der Waals surface area contributed by atoms with Crippen molar-refractivity contribution in [1.82, 2.24) is 10.3 Å². The van der Waals surface area contributed by atoms with Crippen molar-refractivity contribution in [3.05, 3.63) is 70.7 Å². The lowest BCUT2D eigenvalue weighted by atomic mass is 10.1. The number of carbonyl (C=O) groups excluding carboxylic acids is 1. The summed E-state index contributed by atoms with van der Waals surface area (Å²) in [5.41, 5.74) is 3.49. The Morgan fingerprint density at radius 1 is 1.19 bits per heavy atom. The molecule has 5 nitrogen and oxygen atoms in total. The first-order valence-electron chi connectivity index (χ1n) is 8.78. The van der Waals surface area contributed by atoms with Crippen LogP contribution in [0.4, 0.5) is 5.69 Å². The molecule has 0 aliphatic heterocycles. The predicted octanol–water partition coefficient (Wildman–Crippen LogP) is 5.05. The largest absolute Gasteiger partial charge is 0.439 e. The topological polar surface area (TPSA) is 67.2 Å². The molecule has 0 fully saturated rings. The Hall–Kier alpha value is -2.79. The van der Waals surface area contributed by atoms with Crippen LogP contribution < -0.4 is 10.6 Å². The molecule has 0 spiro atoms. The second-order valence-corrected chi connectivity index (χ2v) is 7.07. The lowest BCUT2D eigenvalue weighted by Crippen LogP contribution is -2.30. The molecular weight excluding hydrogens is 362 g/mol. The molecule has 0 aliphatic carbocycles. The van der Waals surface area contributed by atoms with Gasteiger partial charge in [-0.05, 0) is 68.8 Å². The van der Waals surface area contributed by atoms with Crippen LogP contribution in [0.15, 0.2) is 53.1 Å². The third kappa shape index (κ3) is 4.89. The first-order chi connectivity index (χ1) is 12.9. The van der Waals surface area contributed by atoms with Crippen molar-refractivity contribution in [3.63, 3.8) is 0 Å². The molecule has 1 amide bonds. The first-order valence-corrected chi connectivity index (χ1v) is 9.16. The summed E-state index contributed by atoms with van der Waals surface area (Å²) in [6.45, 7) is 6.29. The fourth-order valence-electron chi connectivity index (χ4n) is 2.66. The summed E-state index contributed by atoms with van der Waals surface area (Å²) in [4.78, 5) is 16.4. The first kappa shape index (κ1) is 19.0. The maximum absolute atomic E-state index is 12.1. The molecular formula is C21H22ClN3O2. The number of oxazole rings is 1. The Kier molecular flexibility index (Phi) is 5.81. The van der Waals surface area contributed by atoms with Crippen LogP contribution >= 0.6 is 11.6 Å². The molecule has 0 radical (unpaired) electrons. The van der Waals surface area contributed by atoms with E-state index in [4.69, 9.17) is 16.0 Å². The molecule has 0 aliphatic rings. The van der Waals surface area contributed by atoms with E-state index in [9.17, 15) is 4.79 Å². The molecule has 3 rings (SSSR count). The second-order valence-electron chi connectivity index (χ2n) is 6.64. The molecule has 2 aromatic carbocycles. The third-order valence-electron chi connectivity index (χ3n) is 4.02. The molecule has 2 N–H and O–H groups in total. The van der Waals surface area contributed by atoms with Crippen molar-refractivity contribution in [3.8, 4) is 11.3 Å². The number of nitrogens with one attached hydrogen (secondary N) is 2. The zero-order valence-corrected chi connectivity index (χ0v) is 16.3. The molecule has 1 aromatic heterocycles. The van der Waals surface area contributed by atoms with Crippen LogP contribution in [0.1, 0.15) is 35.7 Å². The van der Waals surface area contributed by atoms with Gasteiger partial charge >= 0.3 is 0 Å². The Balaban J connectivity index is 1.65. The van der Waals surface area contributed by atoms with E-state index < -0.39 is 0 Å². The van der Waals surface area contributed by atoms with Gasteiger partial charge in [0.05, 0.1) is 12.7 Å². The van der Waals surface area contributed by atoms with Gasteiger partial charge in [-0.1, -0.05) is 11.6 Å². The van der Waals surface area contributed by atoms with E-state index in [0.717, 1.165) is 16.8 Å². The maximum atomic E-state index is 12.1. The molecule has 140 valence electrons. The zero-order chi connectivity index (χ0) is 19.4. The van der Waals surface area contributed by atoms with Gasteiger partial charge in [-0.3, -0.25) is 4.79 Å². The number of hydrogen-bond acceptors (Lipinski definition) is 4. The van der Waals surface area contributed by atoms with Gasteiger partial charge in [0.15, 0.2) is 5.76 Å². The van der Waals surface area contributed by atoms with Crippen LogP contribution in [-0.4, -0.2) is 16.9 Å². The number of nitrogens with zero attached hydrogens (tertiary/aromatic N) is 1. The Bertz CT molecular complexity index is 933. The second kappa shape index (κ2) is 8.27. The minimum absolute atomic E-state index is 0.0695. The van der Waals surface area contributed by atoms with E-state index in [2.05, 4.69) is 15.6 Å². The molecule has 0 saturated carbocycles. The van der Waals surface area contributed by atoms with Crippen LogP contribution in [0.25, 0.3) is 11.3 Å². The van der Waals surface area contributed by atoms with Gasteiger partial charge in [0.2, 0.25) is 5.89 Å². The maximum Gasteiger partial charge on any atom is 0.251 e. The Labute approximate surface area is 163 Å². The van der Waals surface area contributed by atoms with Crippen molar-refractivity contribution in [1.29, 1.82) is 0 Å². The van der Waals surface area contributed by atoms with Crippen molar-refractivity contribution in [2.45, 2.75) is 33.4 Å². The van der Waals surface area contributed by atoms with Crippen LogP contribution in [-0.2, 0) is 6.54 Å². The summed E-state index contributed by atoms with van der Waals surface area (Å²) in [6.07, 6.45) is 1.70. The summed E-state index contributed by atoms with van der Waals surface area (Å²) >= 11 is 5.91. The number of aromatic nitrogens is 1. The molecule has 0 bridgehead atoms. The number of hydrogen-bond donors (Lipinski definition) is 2. The van der Waals surface area contributed by atoms with Crippen molar-refractivity contribution in [2.24, 2.45) is 0 Å². The van der Waals surface area contributed by atoms with E-state index in [1.807, 2.05) is 63.2 Å². The van der Waals surface area contributed by atoms with E-state index in [1.165, 1.54) is 0 Å². The third-order valence-corrected chi connectivity index (χ3v) is 4.27. The standard InChI is InChI=1S/C21H22ClN3O2/c1-13(2)25-21(26)16-6-9-18(14(3)10-16)23-12-20-24-11-19(27-20)15-4-7-17(22)8-5-15/h4-11,13,23H,12H2,1-3H3,(H,25,26). The van der Waals surface area contributed by atoms with Crippen molar-refractivity contribution < 1.29 is 9.21 Å². The highest BCUT2D eigenvalue weighted by Crippen LogP contribution is 2.23. The molecule has 0 atom stereocenters. The number of carbonyl (C=O) groups is 1. The number of amides is 1. The van der Waals surface area contributed by atoms with Gasteiger partial charge in [-0.2, -0.15) is 0 Å². The average molecular weight is 384 g/mol. The summed E-state index contributed by atoms with van der Waals surface area (Å²) in [5, 5.41) is 6.88. The van der Waals surface area contributed by atoms with Crippen LogP contribution in [0.2, 0.25) is 5.02 Å². The Morgan fingerprint density at radius 3 is 2.59 bits per heavy atom. The predicted molar refractivity (Wildman–Crippen MR) is 108 cm³/mol. The highest BCUT2D eigenvalue weighted by Gasteiger charge is 2.10. The quantitative estimate of drug-likeness (QED) is 0.624. The SMILES string of the molecule is Cc1cc(C(=O)NC(C)C)ccc1NCc1ncc(-c2ccc(Cl)cc2)o1. The molecule has 3 aromatic rings. The summed E-state index contributed by atoms with van der Waals surface area (Å²) in [6, 6.07) is 13.1. The van der Waals surface area contributed by atoms with Crippen LogP contribution in [0, 0.1) is 6.92 Å². The van der Waals surface area contributed by atoms with Crippen LogP contribution in [0.5, 0.6) is 0 Å². The van der Waals surface area contributed by atoms with Gasteiger partial charge in [0.25, 0.3) is 5.91 Å². The van der Waals surface area contributed by atoms with E-state index in [0.29, 0.717) is 28.8 Å². The number of halogens is 1. The van der Waals surface area contributed by atoms with Gasteiger partial charge in [-0.15, -0.1) is 0 Å². The summed E-state index contributed by atoms with van der Waals surface area (Å²) < 4.78 is 5.80. The van der Waals surface area contributed by atoms with E-state index >= 15 is 0 Å². The van der Waals surface area contributed by atoms with Crippen LogP contribution in [0.3, 0.4) is 0 Å². The van der Waals surface area contributed by atoms with Crippen molar-refractivity contribution in [2.75, 3.05) is 5.32 Å². The Morgan fingerprint density at radius 2 is 1.93 bits per heavy atom. The van der Waals surface area contributed by atoms with Crippen molar-refractivity contribution >= 4 is 23.2 Å². The minimum Gasteiger partial charge on any atom is -0.439 e. The molecule has 27 heavy (non-hydrogen) atoms. The molecule has 0 saturated heterocycles. The highest BCUT2D eigenvalue weighted by molar-refractivity contribution is 6.30. The summed E-state index contributed by atoms with van der Waals surface area (Å²) in [5.74, 6) is 1.21. The lowest BCUT2D eigenvalue weighted by molar-refractivity contribution is 0.0943. The fraction of sp³-hybridized carbons (Fsp3) is 0.238. The molecule has 1 heterocycles. The number of anilines is 1. The fourth-order valence-corrected chi connectivity index (χ4v) is 2.79. The molecule has 0 unspecified atom stereocenters. The van der Waals surface area contributed by atoms with Gasteiger partial charge < -0.3 is 15.1 Å². The normalized spacial score (nSPS) is 10.9. The van der Waals surface area contributed by atoms with E-state index in [1.54, 1.807) is 6.20 Å². The monoisotopic (exact) mass is 383 g/mol. The number of rotatable bonds is 6. The minimum atomic E-state index is -0.0695. The van der Waals surface area contributed by atoms with E-state index in [-0.39, 0.29) is 11.9 Å². The average Bonchev–Trinajstić information content (AvgIpc) is 3.09. The number of benzene rings is 2. The zero-order valence-electron chi connectivity index (χ0n) is 15.5. The lowest BCUT2D eigenvalue weighted by Gasteiger charge is -2.12. The smallest absolute Gasteiger partial charge is 0.251 e. The highest BCUT2D eigenvalue weighted by atomic mass is 35.5. The van der Waals surface area contributed by atoms with Gasteiger partial charge in [0.1, 0.15) is 0 Å². The van der Waals surface area contributed by atoms with Gasteiger partial charge in [0, 0.05) is 27.9 Å². The summed E-state index contributed by atoms with van der Waals surface area (Å²) in [7, 11) is 0. The van der Waals surface area contributed by atoms with Gasteiger partial charge in [-0.25, -0.2) is 4.98 Å². The molecule has 6 heteroatoms.